The molecular formula is C19H21NO7S. The van der Waals surface area contributed by atoms with Crippen LogP contribution in [0.15, 0.2) is 47.4 Å². The zero-order valence-corrected chi connectivity index (χ0v) is 16.8. The Labute approximate surface area is 163 Å². The van der Waals surface area contributed by atoms with Crippen LogP contribution in [0.25, 0.3) is 0 Å². The highest BCUT2D eigenvalue weighted by atomic mass is 32.2. The van der Waals surface area contributed by atoms with Crippen LogP contribution in [0.3, 0.4) is 0 Å². The highest BCUT2D eigenvalue weighted by molar-refractivity contribution is 7.92. The van der Waals surface area contributed by atoms with Crippen molar-refractivity contribution >= 4 is 27.6 Å². The van der Waals surface area contributed by atoms with Crippen molar-refractivity contribution in [2.24, 2.45) is 0 Å². The largest absolute Gasteiger partial charge is 0.497 e. The number of methoxy groups -OCH3 is 3. The van der Waals surface area contributed by atoms with Gasteiger partial charge in [0.2, 0.25) is 0 Å². The van der Waals surface area contributed by atoms with Crippen LogP contribution in [0.5, 0.6) is 5.75 Å². The van der Waals surface area contributed by atoms with E-state index in [9.17, 15) is 18.0 Å². The molecule has 0 heterocycles. The van der Waals surface area contributed by atoms with Gasteiger partial charge in [-0.15, -0.1) is 0 Å². The van der Waals surface area contributed by atoms with Crippen molar-refractivity contribution in [3.63, 3.8) is 0 Å². The fourth-order valence-corrected chi connectivity index (χ4v) is 4.05. The summed E-state index contributed by atoms with van der Waals surface area (Å²) in [5, 5.41) is 0. The van der Waals surface area contributed by atoms with Crippen molar-refractivity contribution in [1.29, 1.82) is 0 Å². The third-order valence-electron chi connectivity index (χ3n) is 4.13. The summed E-state index contributed by atoms with van der Waals surface area (Å²) in [6, 6.07) is 10.3. The molecule has 9 heteroatoms. The molecule has 0 unspecified atom stereocenters. The first kappa shape index (κ1) is 21.2. The molecule has 0 aliphatic rings. The lowest BCUT2D eigenvalue weighted by atomic mass is 10.1. The van der Waals surface area contributed by atoms with Gasteiger partial charge in [-0.3, -0.25) is 9.10 Å². The SMILES string of the molecule is COC(=O)CN(c1cccc(C(=O)OC)c1C)S(=O)(=O)c1ccc(OC)cc1. The number of nitrogens with zero attached hydrogens (tertiary/aromatic N) is 1. The standard InChI is InChI=1S/C19H21NO7S/c1-13-16(19(22)27-4)6-5-7-17(13)20(12-18(21)26-3)28(23,24)15-10-8-14(25-2)9-11-15/h5-11H,12H2,1-4H3. The minimum Gasteiger partial charge on any atom is -0.497 e. The summed E-state index contributed by atoms with van der Waals surface area (Å²) in [5.74, 6) is -0.874. The molecule has 0 atom stereocenters. The van der Waals surface area contributed by atoms with Gasteiger partial charge in [0.15, 0.2) is 0 Å². The van der Waals surface area contributed by atoms with Gasteiger partial charge < -0.3 is 14.2 Å². The number of sulfonamides is 1. The number of ether oxygens (including phenoxy) is 3. The molecule has 0 aliphatic heterocycles. The Kier molecular flexibility index (Phi) is 6.63. The number of benzene rings is 2. The summed E-state index contributed by atoms with van der Waals surface area (Å²) in [7, 11) is -0.268. The van der Waals surface area contributed by atoms with Crippen LogP contribution in [-0.4, -0.2) is 48.2 Å². The highest BCUT2D eigenvalue weighted by Crippen LogP contribution is 2.29. The van der Waals surface area contributed by atoms with E-state index in [1.165, 1.54) is 56.7 Å². The molecule has 0 fully saturated rings. The molecule has 0 saturated heterocycles. The third kappa shape index (κ3) is 4.25. The monoisotopic (exact) mass is 407 g/mol. The Bertz CT molecular complexity index is 968. The van der Waals surface area contributed by atoms with Gasteiger partial charge in [-0.05, 0) is 48.9 Å². The first-order chi connectivity index (χ1) is 13.3. The van der Waals surface area contributed by atoms with Gasteiger partial charge in [0.25, 0.3) is 10.0 Å². The van der Waals surface area contributed by atoms with Crippen LogP contribution < -0.4 is 9.04 Å². The second-order valence-electron chi connectivity index (χ2n) is 5.70. The van der Waals surface area contributed by atoms with Gasteiger partial charge >= 0.3 is 11.9 Å². The predicted octanol–water partition coefficient (Wildman–Crippen LogP) is 2.16. The Morgan fingerprint density at radius 2 is 1.61 bits per heavy atom. The van der Waals surface area contributed by atoms with Gasteiger partial charge in [0, 0.05) is 0 Å². The highest BCUT2D eigenvalue weighted by Gasteiger charge is 2.30. The summed E-state index contributed by atoms with van der Waals surface area (Å²) < 4.78 is 41.8. The van der Waals surface area contributed by atoms with E-state index in [0.29, 0.717) is 11.3 Å². The van der Waals surface area contributed by atoms with E-state index < -0.39 is 28.5 Å². The topological polar surface area (TPSA) is 99.2 Å². The number of hydrogen-bond donors (Lipinski definition) is 0. The van der Waals surface area contributed by atoms with Crippen LogP contribution in [0.2, 0.25) is 0 Å². The fourth-order valence-electron chi connectivity index (χ4n) is 2.58. The summed E-state index contributed by atoms with van der Waals surface area (Å²) in [6.45, 7) is 1.02. The van der Waals surface area contributed by atoms with Crippen molar-refractivity contribution in [3.05, 3.63) is 53.6 Å². The molecule has 2 rings (SSSR count). The van der Waals surface area contributed by atoms with Crippen molar-refractivity contribution in [1.82, 2.24) is 0 Å². The Morgan fingerprint density at radius 3 is 2.14 bits per heavy atom. The third-order valence-corrected chi connectivity index (χ3v) is 5.90. The Hall–Kier alpha value is -3.07. The number of hydrogen-bond acceptors (Lipinski definition) is 7. The molecule has 0 N–H and O–H groups in total. The molecule has 2 aromatic rings. The van der Waals surface area contributed by atoms with Crippen LogP contribution in [0, 0.1) is 6.92 Å². The van der Waals surface area contributed by atoms with E-state index >= 15 is 0 Å². The number of anilines is 1. The Balaban J connectivity index is 2.62. The molecule has 0 aromatic heterocycles. The minimum absolute atomic E-state index is 0.0416. The van der Waals surface area contributed by atoms with Crippen molar-refractivity contribution < 1.29 is 32.2 Å². The van der Waals surface area contributed by atoms with Crippen molar-refractivity contribution in [3.8, 4) is 5.75 Å². The van der Waals surface area contributed by atoms with E-state index in [-0.39, 0.29) is 16.1 Å². The molecule has 0 radical (unpaired) electrons. The fraction of sp³-hybridized carbons (Fsp3) is 0.263. The molecule has 150 valence electrons. The van der Waals surface area contributed by atoms with E-state index in [1.54, 1.807) is 6.92 Å². The quantitative estimate of drug-likeness (QED) is 0.649. The lowest BCUT2D eigenvalue weighted by Crippen LogP contribution is -2.37. The first-order valence-corrected chi connectivity index (χ1v) is 9.61. The molecular weight excluding hydrogens is 386 g/mol. The maximum Gasteiger partial charge on any atom is 0.338 e. The zero-order chi connectivity index (χ0) is 20.9. The molecule has 0 saturated carbocycles. The van der Waals surface area contributed by atoms with E-state index in [0.717, 1.165) is 11.4 Å². The lowest BCUT2D eigenvalue weighted by molar-refractivity contribution is -0.138. The lowest BCUT2D eigenvalue weighted by Gasteiger charge is -2.25. The molecule has 8 nitrogen and oxygen atoms in total. The van der Waals surface area contributed by atoms with Crippen LogP contribution in [0.1, 0.15) is 15.9 Å². The molecule has 28 heavy (non-hydrogen) atoms. The normalized spacial score (nSPS) is 10.9. The average molecular weight is 407 g/mol. The summed E-state index contributed by atoms with van der Waals surface area (Å²) in [5.41, 5.74) is 0.722. The molecule has 0 aliphatic carbocycles. The van der Waals surface area contributed by atoms with Crippen LogP contribution >= 0.6 is 0 Å². The van der Waals surface area contributed by atoms with Gasteiger partial charge in [-0.25, -0.2) is 13.2 Å². The maximum atomic E-state index is 13.2. The molecule has 0 amide bonds. The van der Waals surface area contributed by atoms with E-state index in [4.69, 9.17) is 9.47 Å². The van der Waals surface area contributed by atoms with Crippen LogP contribution in [-0.2, 0) is 24.3 Å². The summed E-state index contributed by atoms with van der Waals surface area (Å²) in [6.07, 6.45) is 0. The number of esters is 2. The molecule has 0 spiro atoms. The first-order valence-electron chi connectivity index (χ1n) is 8.17. The van der Waals surface area contributed by atoms with Crippen LogP contribution in [0.4, 0.5) is 5.69 Å². The van der Waals surface area contributed by atoms with Gasteiger partial charge in [-0.1, -0.05) is 6.07 Å². The smallest absolute Gasteiger partial charge is 0.338 e. The number of carbonyl (C=O) groups excluding carboxylic acids is 2. The van der Waals surface area contributed by atoms with Gasteiger partial charge in [0.05, 0.1) is 37.5 Å². The summed E-state index contributed by atoms with van der Waals surface area (Å²) >= 11 is 0. The summed E-state index contributed by atoms with van der Waals surface area (Å²) in [4.78, 5) is 23.9. The van der Waals surface area contributed by atoms with E-state index in [1.807, 2.05) is 0 Å². The molecule has 2 aromatic carbocycles. The molecule has 0 bridgehead atoms. The predicted molar refractivity (Wildman–Crippen MR) is 102 cm³/mol. The second-order valence-corrected chi connectivity index (χ2v) is 7.57. The Morgan fingerprint density at radius 1 is 0.964 bits per heavy atom. The van der Waals surface area contributed by atoms with Gasteiger partial charge in [0.1, 0.15) is 12.3 Å². The van der Waals surface area contributed by atoms with Gasteiger partial charge in [-0.2, -0.15) is 0 Å². The number of carbonyl (C=O) groups is 2. The van der Waals surface area contributed by atoms with Crippen molar-refractivity contribution in [2.75, 3.05) is 32.2 Å². The minimum atomic E-state index is -4.13. The zero-order valence-electron chi connectivity index (χ0n) is 16.0. The number of rotatable bonds is 7. The average Bonchev–Trinajstić information content (AvgIpc) is 2.71. The second kappa shape index (κ2) is 8.75. The van der Waals surface area contributed by atoms with Crippen molar-refractivity contribution in [2.45, 2.75) is 11.8 Å². The van der Waals surface area contributed by atoms with E-state index in [2.05, 4.69) is 4.74 Å². The maximum absolute atomic E-state index is 13.2.